The van der Waals surface area contributed by atoms with Crippen LogP contribution in [0.3, 0.4) is 0 Å². The van der Waals surface area contributed by atoms with Gasteiger partial charge in [-0.15, -0.1) is 0 Å². The van der Waals surface area contributed by atoms with Crippen LogP contribution in [0.4, 0.5) is 0 Å². The first kappa shape index (κ1) is 14.3. The smallest absolute Gasteiger partial charge is 0.0113 e. The summed E-state index contributed by atoms with van der Waals surface area (Å²) in [4.78, 5) is 0. The van der Waals surface area contributed by atoms with Crippen LogP contribution in [-0.4, -0.2) is 24.7 Å². The summed E-state index contributed by atoms with van der Waals surface area (Å²) in [6.45, 7) is 8.27. The first-order valence-corrected chi connectivity index (χ1v) is 8.21. The molecule has 106 valence electrons. The molecule has 1 saturated heterocycles. The van der Waals surface area contributed by atoms with Crippen molar-refractivity contribution in [1.82, 2.24) is 10.6 Å². The van der Waals surface area contributed by atoms with Gasteiger partial charge in [-0.3, -0.25) is 0 Å². The van der Waals surface area contributed by atoms with Gasteiger partial charge in [0.25, 0.3) is 0 Å². The molecule has 0 aromatic rings. The molecule has 1 aliphatic heterocycles. The van der Waals surface area contributed by atoms with Gasteiger partial charge >= 0.3 is 0 Å². The lowest BCUT2D eigenvalue weighted by molar-refractivity contribution is 0.231. The minimum Gasteiger partial charge on any atom is -0.314 e. The van der Waals surface area contributed by atoms with Crippen molar-refractivity contribution in [2.45, 2.75) is 83.8 Å². The van der Waals surface area contributed by atoms with Crippen LogP contribution >= 0.6 is 0 Å². The van der Waals surface area contributed by atoms with Gasteiger partial charge in [-0.2, -0.15) is 0 Å². The van der Waals surface area contributed by atoms with E-state index in [0.717, 1.165) is 23.9 Å². The topological polar surface area (TPSA) is 24.1 Å². The van der Waals surface area contributed by atoms with Crippen LogP contribution in [0.1, 0.15) is 65.7 Å². The lowest BCUT2D eigenvalue weighted by atomic mass is 9.87. The van der Waals surface area contributed by atoms with Crippen LogP contribution in [0, 0.1) is 11.8 Å². The molecule has 2 aliphatic rings. The highest BCUT2D eigenvalue weighted by Gasteiger charge is 2.35. The van der Waals surface area contributed by atoms with Crippen molar-refractivity contribution in [3.8, 4) is 0 Å². The number of piperidine rings is 1. The Morgan fingerprint density at radius 1 is 1.11 bits per heavy atom. The second-order valence-electron chi connectivity index (χ2n) is 6.68. The summed E-state index contributed by atoms with van der Waals surface area (Å²) in [6.07, 6.45) is 9.73. The quantitative estimate of drug-likeness (QED) is 0.784. The summed E-state index contributed by atoms with van der Waals surface area (Å²) in [5.41, 5.74) is 0. The maximum absolute atomic E-state index is 3.97. The SMILES string of the molecule is CCC(NC1CCCC1C1CCCCN1)C(C)C. The zero-order valence-electron chi connectivity index (χ0n) is 12.5. The standard InChI is InChI=1S/C16H32N2/c1-4-14(12(2)3)18-16-10-7-8-13(16)15-9-5-6-11-17-15/h12-18H,4-11H2,1-3H3. The van der Waals surface area contributed by atoms with Crippen molar-refractivity contribution in [1.29, 1.82) is 0 Å². The largest absolute Gasteiger partial charge is 0.314 e. The summed E-state index contributed by atoms with van der Waals surface area (Å²) in [6, 6.07) is 2.27. The van der Waals surface area contributed by atoms with Gasteiger partial charge in [-0.1, -0.05) is 33.6 Å². The van der Waals surface area contributed by atoms with Gasteiger partial charge in [-0.05, 0) is 50.5 Å². The molecule has 0 aromatic carbocycles. The molecule has 18 heavy (non-hydrogen) atoms. The second kappa shape index (κ2) is 6.91. The van der Waals surface area contributed by atoms with Gasteiger partial charge in [0.05, 0.1) is 0 Å². The molecule has 4 unspecified atom stereocenters. The molecule has 1 aliphatic carbocycles. The highest BCUT2D eigenvalue weighted by atomic mass is 15.0. The predicted octanol–water partition coefficient (Wildman–Crippen LogP) is 3.32. The Morgan fingerprint density at radius 2 is 1.94 bits per heavy atom. The van der Waals surface area contributed by atoms with Gasteiger partial charge in [0.15, 0.2) is 0 Å². The highest BCUT2D eigenvalue weighted by Crippen LogP contribution is 2.32. The predicted molar refractivity (Wildman–Crippen MR) is 78.8 cm³/mol. The highest BCUT2D eigenvalue weighted by molar-refractivity contribution is 4.93. The van der Waals surface area contributed by atoms with Gasteiger partial charge < -0.3 is 10.6 Å². The molecule has 1 heterocycles. The van der Waals surface area contributed by atoms with E-state index in [2.05, 4.69) is 31.4 Å². The fraction of sp³-hybridized carbons (Fsp3) is 1.00. The molecule has 0 radical (unpaired) electrons. The molecular weight excluding hydrogens is 220 g/mol. The average Bonchev–Trinajstić information content (AvgIpc) is 2.84. The molecule has 2 heteroatoms. The zero-order valence-corrected chi connectivity index (χ0v) is 12.5. The lowest BCUT2D eigenvalue weighted by Crippen LogP contribution is -2.50. The summed E-state index contributed by atoms with van der Waals surface area (Å²) in [5, 5.41) is 7.74. The average molecular weight is 252 g/mol. The van der Waals surface area contributed by atoms with Crippen LogP contribution < -0.4 is 10.6 Å². The summed E-state index contributed by atoms with van der Waals surface area (Å²) < 4.78 is 0. The zero-order chi connectivity index (χ0) is 13.0. The second-order valence-corrected chi connectivity index (χ2v) is 6.68. The van der Waals surface area contributed by atoms with E-state index < -0.39 is 0 Å². The molecule has 4 atom stereocenters. The van der Waals surface area contributed by atoms with Crippen molar-refractivity contribution in [2.75, 3.05) is 6.54 Å². The Balaban J connectivity index is 1.89. The Bertz CT molecular complexity index is 233. The van der Waals surface area contributed by atoms with Crippen molar-refractivity contribution in [3.63, 3.8) is 0 Å². The minimum absolute atomic E-state index is 0.708. The van der Waals surface area contributed by atoms with E-state index >= 15 is 0 Å². The molecule has 1 saturated carbocycles. The van der Waals surface area contributed by atoms with Gasteiger partial charge in [0.2, 0.25) is 0 Å². The normalized spacial score (nSPS) is 35.0. The summed E-state index contributed by atoms with van der Waals surface area (Å²) >= 11 is 0. The minimum atomic E-state index is 0.708. The maximum atomic E-state index is 3.97. The van der Waals surface area contributed by atoms with Crippen molar-refractivity contribution in [2.24, 2.45) is 11.8 Å². The number of rotatable bonds is 5. The van der Waals surface area contributed by atoms with E-state index in [4.69, 9.17) is 0 Å². The molecule has 0 amide bonds. The van der Waals surface area contributed by atoms with Crippen LogP contribution in [0.5, 0.6) is 0 Å². The molecule has 2 fully saturated rings. The lowest BCUT2D eigenvalue weighted by Gasteiger charge is -2.35. The molecule has 2 nitrogen and oxygen atoms in total. The number of hydrogen-bond donors (Lipinski definition) is 2. The molecular formula is C16H32N2. The molecule has 2 N–H and O–H groups in total. The Labute approximate surface area is 113 Å². The van der Waals surface area contributed by atoms with E-state index in [1.54, 1.807) is 0 Å². The third kappa shape index (κ3) is 3.48. The molecule has 0 spiro atoms. The fourth-order valence-electron chi connectivity index (χ4n) is 3.98. The fourth-order valence-corrected chi connectivity index (χ4v) is 3.98. The molecule has 2 rings (SSSR count). The Morgan fingerprint density at radius 3 is 2.56 bits per heavy atom. The first-order chi connectivity index (χ1) is 8.72. The van der Waals surface area contributed by atoms with Crippen LogP contribution in [0.2, 0.25) is 0 Å². The molecule has 0 bridgehead atoms. The van der Waals surface area contributed by atoms with E-state index in [9.17, 15) is 0 Å². The first-order valence-electron chi connectivity index (χ1n) is 8.21. The van der Waals surface area contributed by atoms with E-state index in [1.807, 2.05) is 0 Å². The van der Waals surface area contributed by atoms with Gasteiger partial charge in [0.1, 0.15) is 0 Å². The van der Waals surface area contributed by atoms with Crippen LogP contribution in [-0.2, 0) is 0 Å². The van der Waals surface area contributed by atoms with E-state index in [1.165, 1.54) is 51.5 Å². The van der Waals surface area contributed by atoms with Gasteiger partial charge in [0, 0.05) is 18.1 Å². The third-order valence-corrected chi connectivity index (χ3v) is 5.11. The monoisotopic (exact) mass is 252 g/mol. The number of hydrogen-bond acceptors (Lipinski definition) is 2. The van der Waals surface area contributed by atoms with E-state index in [-0.39, 0.29) is 0 Å². The summed E-state index contributed by atoms with van der Waals surface area (Å²) in [7, 11) is 0. The van der Waals surface area contributed by atoms with E-state index in [0.29, 0.717) is 6.04 Å². The maximum Gasteiger partial charge on any atom is 0.0113 e. The third-order valence-electron chi connectivity index (χ3n) is 5.11. The van der Waals surface area contributed by atoms with Crippen molar-refractivity contribution >= 4 is 0 Å². The molecule has 0 aromatic heterocycles. The number of nitrogens with one attached hydrogen (secondary N) is 2. The summed E-state index contributed by atoms with van der Waals surface area (Å²) in [5.74, 6) is 1.65. The van der Waals surface area contributed by atoms with Crippen molar-refractivity contribution in [3.05, 3.63) is 0 Å². The van der Waals surface area contributed by atoms with Gasteiger partial charge in [-0.25, -0.2) is 0 Å². The van der Waals surface area contributed by atoms with Crippen LogP contribution in [0.15, 0.2) is 0 Å². The Kier molecular flexibility index (Phi) is 5.50. The van der Waals surface area contributed by atoms with Crippen LogP contribution in [0.25, 0.3) is 0 Å². The van der Waals surface area contributed by atoms with Crippen molar-refractivity contribution < 1.29 is 0 Å². The Hall–Kier alpha value is -0.0800.